The molecule has 2 unspecified atom stereocenters. The van der Waals surface area contributed by atoms with Crippen LogP contribution in [0.3, 0.4) is 0 Å². The number of carbonyl (C=O) groups is 1. The number of nitrogens with zero attached hydrogens (tertiary/aromatic N) is 2. The van der Waals surface area contributed by atoms with Crippen molar-refractivity contribution >= 4 is 17.6 Å². The average molecular weight is 352 g/mol. The highest BCUT2D eigenvalue weighted by Crippen LogP contribution is 2.36. The van der Waals surface area contributed by atoms with Crippen LogP contribution in [0.15, 0.2) is 53.5 Å². The van der Waals surface area contributed by atoms with Crippen LogP contribution in [0.5, 0.6) is 0 Å². The highest BCUT2D eigenvalue weighted by atomic mass is 16.3. The summed E-state index contributed by atoms with van der Waals surface area (Å²) < 4.78 is 0. The molecule has 0 aromatic heterocycles. The van der Waals surface area contributed by atoms with E-state index < -0.39 is 11.8 Å². The average Bonchev–Trinajstić information content (AvgIpc) is 2.59. The standard InChI is InChI=1S/C20H24N4O2/c1-13(25)22-17-9-5-7-15(11-17)14-6-4-8-16(10-14)20(2)12-18(26)24(3)19(21)23-20/h4-11,18,26H,12H2,1-3H3,(H2,21,23)(H,22,25). The van der Waals surface area contributed by atoms with Gasteiger partial charge in [-0.2, -0.15) is 0 Å². The van der Waals surface area contributed by atoms with Crippen molar-refractivity contribution in [2.24, 2.45) is 10.7 Å². The first-order chi connectivity index (χ1) is 12.3. The molecule has 0 saturated heterocycles. The topological polar surface area (TPSA) is 91.0 Å². The van der Waals surface area contributed by atoms with Crippen molar-refractivity contribution in [3.8, 4) is 11.1 Å². The van der Waals surface area contributed by atoms with Gasteiger partial charge in [0.1, 0.15) is 6.23 Å². The minimum Gasteiger partial charge on any atom is -0.373 e. The van der Waals surface area contributed by atoms with Gasteiger partial charge in [0.05, 0.1) is 5.54 Å². The first-order valence-electron chi connectivity index (χ1n) is 8.53. The molecule has 1 heterocycles. The molecular weight excluding hydrogens is 328 g/mol. The quantitative estimate of drug-likeness (QED) is 0.791. The zero-order valence-electron chi connectivity index (χ0n) is 15.2. The Morgan fingerprint density at radius 2 is 1.92 bits per heavy atom. The molecule has 6 heteroatoms. The van der Waals surface area contributed by atoms with Crippen LogP contribution in [0.4, 0.5) is 5.69 Å². The predicted molar refractivity (Wildman–Crippen MR) is 104 cm³/mol. The number of amides is 1. The zero-order chi connectivity index (χ0) is 18.9. The van der Waals surface area contributed by atoms with Gasteiger partial charge in [0.2, 0.25) is 5.91 Å². The van der Waals surface area contributed by atoms with E-state index in [1.807, 2.05) is 49.4 Å². The van der Waals surface area contributed by atoms with Gasteiger partial charge in [0.15, 0.2) is 5.96 Å². The Kier molecular flexibility index (Phi) is 4.70. The Balaban J connectivity index is 1.98. The maximum Gasteiger partial charge on any atom is 0.221 e. The Morgan fingerprint density at radius 3 is 2.58 bits per heavy atom. The van der Waals surface area contributed by atoms with Crippen molar-refractivity contribution in [2.75, 3.05) is 12.4 Å². The summed E-state index contributed by atoms with van der Waals surface area (Å²) in [6, 6.07) is 15.7. The van der Waals surface area contributed by atoms with Crippen molar-refractivity contribution in [1.82, 2.24) is 4.90 Å². The van der Waals surface area contributed by atoms with Crippen LogP contribution < -0.4 is 11.1 Å². The fourth-order valence-corrected chi connectivity index (χ4v) is 3.22. The summed E-state index contributed by atoms with van der Waals surface area (Å²) in [5, 5.41) is 13.1. The number of hydrogen-bond donors (Lipinski definition) is 3. The van der Waals surface area contributed by atoms with E-state index in [-0.39, 0.29) is 5.91 Å². The molecular formula is C20H24N4O2. The molecule has 136 valence electrons. The van der Waals surface area contributed by atoms with Gasteiger partial charge in [-0.05, 0) is 41.8 Å². The van der Waals surface area contributed by atoms with Crippen LogP contribution in [-0.2, 0) is 10.3 Å². The maximum absolute atomic E-state index is 11.3. The molecule has 4 N–H and O–H groups in total. The maximum atomic E-state index is 11.3. The second kappa shape index (κ2) is 6.80. The number of nitrogens with one attached hydrogen (secondary N) is 1. The normalized spacial score (nSPS) is 22.7. The highest BCUT2D eigenvalue weighted by molar-refractivity contribution is 5.89. The molecule has 26 heavy (non-hydrogen) atoms. The van der Waals surface area contributed by atoms with Crippen LogP contribution in [0, 0.1) is 0 Å². The smallest absolute Gasteiger partial charge is 0.221 e. The summed E-state index contributed by atoms with van der Waals surface area (Å²) >= 11 is 0. The number of rotatable bonds is 3. The highest BCUT2D eigenvalue weighted by Gasteiger charge is 2.36. The lowest BCUT2D eigenvalue weighted by Crippen LogP contribution is -2.50. The third-order valence-corrected chi connectivity index (χ3v) is 4.75. The summed E-state index contributed by atoms with van der Waals surface area (Å²) in [5.41, 5.74) is 9.12. The van der Waals surface area contributed by atoms with Gasteiger partial charge < -0.3 is 21.1 Å². The minimum atomic E-state index is -0.677. The second-order valence-electron chi connectivity index (χ2n) is 6.88. The molecule has 0 spiro atoms. The molecule has 0 bridgehead atoms. The van der Waals surface area contributed by atoms with Crippen LogP contribution in [0.25, 0.3) is 11.1 Å². The lowest BCUT2D eigenvalue weighted by atomic mass is 9.85. The Labute approximate surface area is 153 Å². The van der Waals surface area contributed by atoms with Gasteiger partial charge in [-0.3, -0.25) is 4.79 Å². The fourth-order valence-electron chi connectivity index (χ4n) is 3.22. The summed E-state index contributed by atoms with van der Waals surface area (Å²) in [6.45, 7) is 3.46. The van der Waals surface area contributed by atoms with Crippen LogP contribution in [0.1, 0.15) is 25.8 Å². The van der Waals surface area contributed by atoms with E-state index in [0.717, 1.165) is 22.4 Å². The number of benzene rings is 2. The SMILES string of the molecule is CC(=O)Nc1cccc(-c2cccc(C3(C)CC(O)N(C)C(N)=N3)c2)c1. The van der Waals surface area contributed by atoms with E-state index >= 15 is 0 Å². The molecule has 1 aliphatic rings. The van der Waals surface area contributed by atoms with Gasteiger partial charge in [0.25, 0.3) is 0 Å². The number of nitrogens with two attached hydrogens (primary N) is 1. The number of aliphatic hydroxyl groups is 1. The van der Waals surface area contributed by atoms with Crippen LogP contribution in [-0.4, -0.2) is 35.1 Å². The van der Waals surface area contributed by atoms with E-state index in [1.165, 1.54) is 6.92 Å². The van der Waals surface area contributed by atoms with Crippen molar-refractivity contribution in [3.63, 3.8) is 0 Å². The molecule has 2 aromatic carbocycles. The van der Waals surface area contributed by atoms with E-state index in [1.54, 1.807) is 11.9 Å². The summed E-state index contributed by atoms with van der Waals surface area (Å²) in [5.74, 6) is 0.220. The summed E-state index contributed by atoms with van der Waals surface area (Å²) in [4.78, 5) is 17.5. The van der Waals surface area contributed by atoms with Crippen LogP contribution in [0.2, 0.25) is 0 Å². The molecule has 0 saturated carbocycles. The molecule has 3 rings (SSSR count). The molecule has 1 aliphatic heterocycles. The molecule has 0 fully saturated rings. The lowest BCUT2D eigenvalue weighted by Gasteiger charge is -2.38. The third kappa shape index (κ3) is 3.55. The molecule has 6 nitrogen and oxygen atoms in total. The van der Waals surface area contributed by atoms with E-state index in [2.05, 4.69) is 16.4 Å². The molecule has 0 aliphatic carbocycles. The van der Waals surface area contributed by atoms with Gasteiger partial charge >= 0.3 is 0 Å². The molecule has 0 radical (unpaired) electrons. The third-order valence-electron chi connectivity index (χ3n) is 4.75. The molecule has 1 amide bonds. The zero-order valence-corrected chi connectivity index (χ0v) is 15.2. The Hall–Kier alpha value is -2.86. The number of aliphatic imine (C=N–C) groups is 1. The van der Waals surface area contributed by atoms with E-state index in [9.17, 15) is 9.90 Å². The van der Waals surface area contributed by atoms with Gasteiger partial charge in [-0.15, -0.1) is 0 Å². The predicted octanol–water partition coefficient (Wildman–Crippen LogP) is 2.50. The minimum absolute atomic E-state index is 0.103. The number of aliphatic hydroxyl groups excluding tert-OH is 1. The number of guanidine groups is 1. The van der Waals surface area contributed by atoms with Gasteiger partial charge in [0, 0.05) is 26.1 Å². The first-order valence-corrected chi connectivity index (χ1v) is 8.53. The van der Waals surface area contributed by atoms with E-state index in [4.69, 9.17) is 5.73 Å². The van der Waals surface area contributed by atoms with Crippen molar-refractivity contribution in [2.45, 2.75) is 32.0 Å². The Bertz CT molecular complexity index is 864. The second-order valence-corrected chi connectivity index (χ2v) is 6.88. The monoisotopic (exact) mass is 352 g/mol. The molecule has 2 aromatic rings. The summed E-state index contributed by atoms with van der Waals surface area (Å²) in [6.07, 6.45) is -0.219. The van der Waals surface area contributed by atoms with Crippen molar-refractivity contribution in [3.05, 3.63) is 54.1 Å². The first kappa shape index (κ1) is 17.9. The number of carbonyl (C=O) groups excluding carboxylic acids is 1. The fraction of sp³-hybridized carbons (Fsp3) is 0.300. The number of hydrogen-bond acceptors (Lipinski definition) is 5. The molecule has 2 atom stereocenters. The number of anilines is 1. The van der Waals surface area contributed by atoms with Crippen LogP contribution >= 0.6 is 0 Å². The van der Waals surface area contributed by atoms with Gasteiger partial charge in [-0.1, -0.05) is 30.3 Å². The Morgan fingerprint density at radius 1 is 1.27 bits per heavy atom. The summed E-state index contributed by atoms with van der Waals surface area (Å²) in [7, 11) is 1.73. The van der Waals surface area contributed by atoms with Gasteiger partial charge in [-0.25, -0.2) is 4.99 Å². The van der Waals surface area contributed by atoms with E-state index in [0.29, 0.717) is 12.4 Å². The van der Waals surface area contributed by atoms with Crippen molar-refractivity contribution < 1.29 is 9.90 Å². The van der Waals surface area contributed by atoms with Crippen molar-refractivity contribution in [1.29, 1.82) is 0 Å². The lowest BCUT2D eigenvalue weighted by molar-refractivity contribution is -0.114. The largest absolute Gasteiger partial charge is 0.373 e.